The maximum Gasteiger partial charge on any atom is 0.255 e. The van der Waals surface area contributed by atoms with Gasteiger partial charge in [0.15, 0.2) is 0 Å². The fourth-order valence-electron chi connectivity index (χ4n) is 2.51. The summed E-state index contributed by atoms with van der Waals surface area (Å²) in [6.45, 7) is 0.860. The average molecular weight is 457 g/mol. The van der Waals surface area contributed by atoms with Crippen LogP contribution in [0.2, 0.25) is 5.02 Å². The molecule has 0 spiro atoms. The summed E-state index contributed by atoms with van der Waals surface area (Å²) >= 11 is 11.7. The van der Waals surface area contributed by atoms with E-state index < -0.39 is 0 Å². The Balaban J connectivity index is 2.23. The van der Waals surface area contributed by atoms with Crippen LogP contribution in [0.5, 0.6) is 0 Å². The molecule has 1 fully saturated rings. The van der Waals surface area contributed by atoms with E-state index in [4.69, 9.17) is 11.6 Å². The van der Waals surface area contributed by atoms with Gasteiger partial charge in [-0.25, -0.2) is 0 Å². The number of carbonyl (C=O) groups is 1. The van der Waals surface area contributed by atoms with Crippen LogP contribution in [0.1, 0.15) is 36.0 Å². The second kappa shape index (κ2) is 7.27. The summed E-state index contributed by atoms with van der Waals surface area (Å²) in [5.74, 6) is 0.123. The summed E-state index contributed by atoms with van der Waals surface area (Å²) in [4.78, 5) is 14.7. The number of hydrogen-bond donors (Lipinski definition) is 0. The zero-order valence-corrected chi connectivity index (χ0v) is 15.0. The maximum absolute atomic E-state index is 12.7. The molecule has 0 saturated carbocycles. The summed E-state index contributed by atoms with van der Waals surface area (Å²) < 4.78 is 0.968. The Kier molecular flexibility index (Phi) is 5.96. The molecule has 1 aliphatic rings. The Bertz CT molecular complexity index is 467. The number of alkyl halides is 1. The van der Waals surface area contributed by atoms with Crippen LogP contribution in [0.25, 0.3) is 0 Å². The Morgan fingerprint density at radius 1 is 1.47 bits per heavy atom. The number of likely N-dealkylation sites (tertiary alicyclic amines) is 1. The summed E-state index contributed by atoms with van der Waals surface area (Å²) in [6.07, 6.45) is 4.44. The topological polar surface area (TPSA) is 20.3 Å². The first-order valence-electron chi connectivity index (χ1n) is 6.45. The van der Waals surface area contributed by atoms with E-state index in [0.29, 0.717) is 11.1 Å². The fraction of sp³-hybridized carbons (Fsp3) is 0.500. The van der Waals surface area contributed by atoms with Gasteiger partial charge in [0, 0.05) is 26.5 Å². The van der Waals surface area contributed by atoms with E-state index in [1.807, 2.05) is 17.0 Å². The van der Waals surface area contributed by atoms with Gasteiger partial charge >= 0.3 is 0 Å². The largest absolute Gasteiger partial charge is 0.336 e. The van der Waals surface area contributed by atoms with Crippen LogP contribution in [-0.4, -0.2) is 28.7 Å². The summed E-state index contributed by atoms with van der Waals surface area (Å²) in [5, 5.41) is 1.56. The molecule has 5 heteroatoms. The lowest BCUT2D eigenvalue weighted by Gasteiger charge is -2.36. The highest BCUT2D eigenvalue weighted by Crippen LogP contribution is 2.25. The predicted octanol–water partition coefficient (Wildman–Crippen LogP) is 4.72. The number of amides is 1. The van der Waals surface area contributed by atoms with Gasteiger partial charge in [0.1, 0.15) is 0 Å². The number of hydrogen-bond acceptors (Lipinski definition) is 1. The zero-order chi connectivity index (χ0) is 13.8. The minimum atomic E-state index is 0.123. The third-order valence-electron chi connectivity index (χ3n) is 3.49. The van der Waals surface area contributed by atoms with E-state index in [9.17, 15) is 4.79 Å². The molecule has 0 bridgehead atoms. The van der Waals surface area contributed by atoms with Crippen molar-refractivity contribution < 1.29 is 4.79 Å². The van der Waals surface area contributed by atoms with Crippen molar-refractivity contribution in [2.75, 3.05) is 11.9 Å². The minimum Gasteiger partial charge on any atom is -0.336 e. The molecule has 0 aliphatic carbocycles. The molecule has 0 aromatic heterocycles. The number of nitrogens with zero attached hydrogens (tertiary/aromatic N) is 1. The lowest BCUT2D eigenvalue weighted by molar-refractivity contribution is 0.0609. The van der Waals surface area contributed by atoms with E-state index in [1.165, 1.54) is 6.42 Å². The number of piperidine rings is 1. The van der Waals surface area contributed by atoms with Crippen LogP contribution >= 0.6 is 50.1 Å². The van der Waals surface area contributed by atoms with Gasteiger partial charge in [0.25, 0.3) is 5.91 Å². The molecule has 1 saturated heterocycles. The molecule has 2 rings (SSSR count). The van der Waals surface area contributed by atoms with Crippen molar-refractivity contribution in [1.29, 1.82) is 0 Å². The number of rotatable bonds is 3. The molecule has 1 amide bonds. The van der Waals surface area contributed by atoms with Gasteiger partial charge in [-0.15, -0.1) is 0 Å². The van der Waals surface area contributed by atoms with Crippen molar-refractivity contribution in [2.45, 2.75) is 31.7 Å². The van der Waals surface area contributed by atoms with Crippen molar-refractivity contribution in [3.05, 3.63) is 32.4 Å². The molecule has 0 radical (unpaired) electrons. The van der Waals surface area contributed by atoms with Crippen LogP contribution in [0.15, 0.2) is 18.2 Å². The first-order chi connectivity index (χ1) is 9.13. The second-order valence-corrected chi connectivity index (χ2v) is 7.14. The number of benzene rings is 1. The minimum absolute atomic E-state index is 0.123. The van der Waals surface area contributed by atoms with E-state index in [0.717, 1.165) is 40.3 Å². The van der Waals surface area contributed by atoms with Gasteiger partial charge in [-0.05, 0) is 66.5 Å². The Hall–Kier alpha value is 0.190. The third kappa shape index (κ3) is 3.85. The zero-order valence-electron chi connectivity index (χ0n) is 10.5. The van der Waals surface area contributed by atoms with Gasteiger partial charge in [-0.2, -0.15) is 0 Å². The van der Waals surface area contributed by atoms with E-state index >= 15 is 0 Å². The normalized spacial score (nSPS) is 19.5. The highest BCUT2D eigenvalue weighted by atomic mass is 127. The standard InChI is InChI=1S/C14H16BrClINO/c15-7-6-11-3-1-2-8-18(11)14(19)12-9-10(16)4-5-13(12)17/h4-5,9,11H,1-3,6-8H2. The summed E-state index contributed by atoms with van der Waals surface area (Å²) in [5.41, 5.74) is 0.731. The lowest BCUT2D eigenvalue weighted by Crippen LogP contribution is -2.44. The summed E-state index contributed by atoms with van der Waals surface area (Å²) in [6, 6.07) is 5.87. The van der Waals surface area contributed by atoms with Crippen molar-refractivity contribution in [1.82, 2.24) is 4.90 Å². The highest BCUT2D eigenvalue weighted by Gasteiger charge is 2.27. The van der Waals surface area contributed by atoms with E-state index in [-0.39, 0.29) is 5.91 Å². The smallest absolute Gasteiger partial charge is 0.255 e. The predicted molar refractivity (Wildman–Crippen MR) is 91.3 cm³/mol. The SMILES string of the molecule is O=C(c1cc(Cl)ccc1I)N1CCCCC1CCBr. The van der Waals surface area contributed by atoms with Crippen molar-refractivity contribution in [2.24, 2.45) is 0 Å². The molecule has 1 aromatic carbocycles. The average Bonchev–Trinajstić information content (AvgIpc) is 2.42. The van der Waals surface area contributed by atoms with Gasteiger partial charge in [0.05, 0.1) is 5.56 Å². The Morgan fingerprint density at radius 2 is 2.26 bits per heavy atom. The molecule has 0 N–H and O–H groups in total. The van der Waals surface area contributed by atoms with Crippen LogP contribution in [0, 0.1) is 3.57 Å². The highest BCUT2D eigenvalue weighted by molar-refractivity contribution is 14.1. The molecule has 19 heavy (non-hydrogen) atoms. The Labute approximate surface area is 141 Å². The number of carbonyl (C=O) groups excluding carboxylic acids is 1. The molecular formula is C14H16BrClINO. The molecule has 2 nitrogen and oxygen atoms in total. The molecule has 1 unspecified atom stereocenters. The maximum atomic E-state index is 12.7. The van der Waals surface area contributed by atoms with Crippen molar-refractivity contribution in [3.63, 3.8) is 0 Å². The quantitative estimate of drug-likeness (QED) is 0.476. The summed E-state index contributed by atoms with van der Waals surface area (Å²) in [7, 11) is 0. The first-order valence-corrected chi connectivity index (χ1v) is 9.03. The van der Waals surface area contributed by atoms with Crippen molar-refractivity contribution in [3.8, 4) is 0 Å². The molecule has 1 atom stereocenters. The van der Waals surface area contributed by atoms with Gasteiger partial charge in [0.2, 0.25) is 0 Å². The van der Waals surface area contributed by atoms with Crippen LogP contribution in [0.3, 0.4) is 0 Å². The van der Waals surface area contributed by atoms with E-state index in [1.54, 1.807) is 6.07 Å². The van der Waals surface area contributed by atoms with Crippen molar-refractivity contribution >= 4 is 56.0 Å². The fourth-order valence-corrected chi connectivity index (χ4v) is 3.78. The Morgan fingerprint density at radius 3 is 3.00 bits per heavy atom. The third-order valence-corrected chi connectivity index (χ3v) is 5.12. The molecular weight excluding hydrogens is 440 g/mol. The molecule has 104 valence electrons. The monoisotopic (exact) mass is 455 g/mol. The van der Waals surface area contributed by atoms with Crippen LogP contribution in [-0.2, 0) is 0 Å². The molecule has 1 aromatic rings. The van der Waals surface area contributed by atoms with Gasteiger partial charge < -0.3 is 4.90 Å². The number of halogens is 3. The second-order valence-electron chi connectivity index (χ2n) is 4.75. The van der Waals surface area contributed by atoms with Crippen LogP contribution in [0.4, 0.5) is 0 Å². The van der Waals surface area contributed by atoms with E-state index in [2.05, 4.69) is 38.5 Å². The first kappa shape index (κ1) is 15.6. The van der Waals surface area contributed by atoms with Gasteiger partial charge in [-0.3, -0.25) is 4.79 Å². The lowest BCUT2D eigenvalue weighted by atomic mass is 9.99. The van der Waals surface area contributed by atoms with Crippen LogP contribution < -0.4 is 0 Å². The molecule has 1 heterocycles. The van der Waals surface area contributed by atoms with Gasteiger partial charge in [-0.1, -0.05) is 27.5 Å². The molecule has 1 aliphatic heterocycles.